The number of nitrogens with zero attached hydrogens (tertiary/aromatic N) is 3. The topological polar surface area (TPSA) is 76.3 Å². The number of Topliss-reactive ketones (excluding diaryl/α,β-unsaturated/α-hetero) is 2. The third-order valence-electron chi connectivity index (χ3n) is 7.38. The second-order valence-corrected chi connectivity index (χ2v) is 10.6. The van der Waals surface area contributed by atoms with Crippen LogP contribution in [0.15, 0.2) is 71.3 Å². The molecule has 0 bridgehead atoms. The number of ketones is 2. The Bertz CT molecular complexity index is 1540. The van der Waals surface area contributed by atoms with Crippen LogP contribution in [-0.4, -0.2) is 34.6 Å². The van der Waals surface area contributed by atoms with E-state index in [-0.39, 0.29) is 24.6 Å². The van der Waals surface area contributed by atoms with Crippen LogP contribution in [0.5, 0.6) is 0 Å². The van der Waals surface area contributed by atoms with Gasteiger partial charge in [-0.15, -0.1) is 0 Å². The van der Waals surface area contributed by atoms with E-state index in [1.807, 2.05) is 38.1 Å². The van der Waals surface area contributed by atoms with Crippen LogP contribution in [0.1, 0.15) is 63.2 Å². The van der Waals surface area contributed by atoms with Gasteiger partial charge >= 0.3 is 6.18 Å². The molecule has 3 heterocycles. The van der Waals surface area contributed by atoms with E-state index in [9.17, 15) is 22.8 Å². The Kier molecular flexibility index (Phi) is 8.06. The van der Waals surface area contributed by atoms with Crippen LogP contribution < -0.4 is 4.90 Å². The minimum absolute atomic E-state index is 0.0803. The van der Waals surface area contributed by atoms with E-state index in [1.165, 1.54) is 0 Å². The monoisotopic (exact) mass is 561 g/mol. The fourth-order valence-corrected chi connectivity index (χ4v) is 5.07. The summed E-state index contributed by atoms with van der Waals surface area (Å²) in [6.45, 7) is 5.05. The number of carbonyl (C=O) groups excluding carboxylic acids is 2. The lowest BCUT2D eigenvalue weighted by Crippen LogP contribution is -2.34. The highest BCUT2D eigenvalue weighted by Gasteiger charge is 2.42. The Morgan fingerprint density at radius 3 is 2.37 bits per heavy atom. The summed E-state index contributed by atoms with van der Waals surface area (Å²) < 4.78 is 46.6. The summed E-state index contributed by atoms with van der Waals surface area (Å²) in [6.07, 6.45) is -1.39. The lowest BCUT2D eigenvalue weighted by Gasteiger charge is -2.29. The SMILES string of the molecule is Cc1ccccc1CC(=O)c1ccc(-c2ccc(CC(=O)c3oc(N4CCCC(C)C4)nc3C(F)(F)F)cc2)cn1. The highest BCUT2D eigenvalue weighted by molar-refractivity contribution is 5.97. The maximum absolute atomic E-state index is 13.7. The molecule has 1 aliphatic rings. The Morgan fingerprint density at radius 2 is 1.71 bits per heavy atom. The smallest absolute Gasteiger partial charge is 0.420 e. The van der Waals surface area contributed by atoms with Crippen molar-refractivity contribution in [1.82, 2.24) is 9.97 Å². The first kappa shape index (κ1) is 28.3. The molecule has 0 radical (unpaired) electrons. The molecule has 2 aromatic carbocycles. The first-order valence-electron chi connectivity index (χ1n) is 13.6. The molecule has 2 aromatic heterocycles. The van der Waals surface area contributed by atoms with Gasteiger partial charge in [-0.25, -0.2) is 0 Å². The van der Waals surface area contributed by atoms with Crippen LogP contribution in [0, 0.1) is 12.8 Å². The number of pyridine rings is 1. The number of hydrogen-bond acceptors (Lipinski definition) is 6. The average molecular weight is 562 g/mol. The van der Waals surface area contributed by atoms with Crippen LogP contribution in [0.2, 0.25) is 0 Å². The summed E-state index contributed by atoms with van der Waals surface area (Å²) in [5, 5.41) is 0. The van der Waals surface area contributed by atoms with E-state index < -0.39 is 23.4 Å². The zero-order valence-corrected chi connectivity index (χ0v) is 22.9. The van der Waals surface area contributed by atoms with Gasteiger partial charge in [-0.1, -0.05) is 61.5 Å². The Morgan fingerprint density at radius 1 is 0.976 bits per heavy atom. The van der Waals surface area contributed by atoms with Crippen molar-refractivity contribution in [3.05, 3.63) is 101 Å². The van der Waals surface area contributed by atoms with Gasteiger partial charge in [-0.05, 0) is 54.0 Å². The Labute approximate surface area is 236 Å². The number of hydrogen-bond donors (Lipinski definition) is 0. The number of carbonyl (C=O) groups is 2. The molecule has 0 aliphatic carbocycles. The molecule has 9 heteroatoms. The molecule has 4 aromatic rings. The molecular weight excluding hydrogens is 531 g/mol. The maximum atomic E-state index is 13.7. The number of rotatable bonds is 8. The van der Waals surface area contributed by atoms with Crippen molar-refractivity contribution in [1.29, 1.82) is 0 Å². The van der Waals surface area contributed by atoms with E-state index in [2.05, 4.69) is 9.97 Å². The summed E-state index contributed by atoms with van der Waals surface area (Å²) in [6, 6.07) is 17.9. The minimum Gasteiger partial charge on any atom is -0.420 e. The average Bonchev–Trinajstić information content (AvgIpc) is 3.42. The predicted octanol–water partition coefficient (Wildman–Crippen LogP) is 7.15. The van der Waals surface area contributed by atoms with Crippen molar-refractivity contribution >= 4 is 17.6 Å². The summed E-state index contributed by atoms with van der Waals surface area (Å²) >= 11 is 0. The van der Waals surface area contributed by atoms with Gasteiger partial charge in [0.25, 0.3) is 6.01 Å². The molecule has 6 nitrogen and oxygen atoms in total. The number of alkyl halides is 3. The number of benzene rings is 2. The molecule has 0 N–H and O–H groups in total. The third-order valence-corrected chi connectivity index (χ3v) is 7.38. The van der Waals surface area contributed by atoms with Gasteiger partial charge in [0, 0.05) is 37.7 Å². The highest BCUT2D eigenvalue weighted by atomic mass is 19.4. The number of aromatic nitrogens is 2. The van der Waals surface area contributed by atoms with Crippen LogP contribution in [-0.2, 0) is 19.0 Å². The molecule has 212 valence electrons. The quantitative estimate of drug-likeness (QED) is 0.213. The summed E-state index contributed by atoms with van der Waals surface area (Å²) in [5.74, 6) is -1.33. The van der Waals surface area contributed by atoms with E-state index in [0.29, 0.717) is 30.3 Å². The normalized spacial score (nSPS) is 15.6. The number of halogens is 3. The van der Waals surface area contributed by atoms with Crippen molar-refractivity contribution < 1.29 is 27.2 Å². The lowest BCUT2D eigenvalue weighted by atomic mass is 10.00. The highest BCUT2D eigenvalue weighted by Crippen LogP contribution is 2.35. The van der Waals surface area contributed by atoms with Crippen molar-refractivity contribution in [2.45, 2.75) is 45.7 Å². The molecule has 0 spiro atoms. The second-order valence-electron chi connectivity index (χ2n) is 10.6. The number of aryl methyl sites for hydroxylation is 1. The summed E-state index contributed by atoms with van der Waals surface area (Å²) in [5.41, 5.74) is 3.19. The predicted molar refractivity (Wildman–Crippen MR) is 149 cm³/mol. The second kappa shape index (κ2) is 11.7. The first-order chi connectivity index (χ1) is 19.6. The standard InChI is InChI=1S/C32H30F3N3O3/c1-20-6-5-15-38(19-20)31-37-30(32(33,34)35)29(41-31)28(40)16-22-9-11-23(12-10-22)25-13-14-26(36-18-25)27(39)17-24-8-4-3-7-21(24)2/h3-4,7-14,18,20H,5-6,15-17,19H2,1-2H3. The van der Waals surface area contributed by atoms with Gasteiger partial charge in [-0.2, -0.15) is 18.2 Å². The minimum atomic E-state index is -4.81. The number of piperidine rings is 1. The first-order valence-corrected chi connectivity index (χ1v) is 13.6. The molecule has 1 atom stereocenters. The lowest BCUT2D eigenvalue weighted by molar-refractivity contribution is -0.141. The third kappa shape index (κ3) is 6.56. The largest absolute Gasteiger partial charge is 0.437 e. The van der Waals surface area contributed by atoms with Crippen LogP contribution in [0.3, 0.4) is 0 Å². The van der Waals surface area contributed by atoms with Crippen molar-refractivity contribution in [2.75, 3.05) is 18.0 Å². The van der Waals surface area contributed by atoms with Crippen molar-refractivity contribution in [3.63, 3.8) is 0 Å². The van der Waals surface area contributed by atoms with Gasteiger partial charge < -0.3 is 9.32 Å². The van der Waals surface area contributed by atoms with Gasteiger partial charge in [0.1, 0.15) is 5.69 Å². The molecule has 1 fully saturated rings. The summed E-state index contributed by atoms with van der Waals surface area (Å²) in [7, 11) is 0. The fourth-order valence-electron chi connectivity index (χ4n) is 5.07. The molecular formula is C32H30F3N3O3. The Hall–Kier alpha value is -4.27. The Balaban J connectivity index is 1.27. The van der Waals surface area contributed by atoms with E-state index in [4.69, 9.17) is 4.42 Å². The summed E-state index contributed by atoms with van der Waals surface area (Å²) in [4.78, 5) is 35.3. The molecule has 41 heavy (non-hydrogen) atoms. The van der Waals surface area contributed by atoms with Crippen molar-refractivity contribution in [2.24, 2.45) is 5.92 Å². The van der Waals surface area contributed by atoms with E-state index >= 15 is 0 Å². The van der Waals surface area contributed by atoms with Gasteiger partial charge in [0.15, 0.2) is 11.5 Å². The zero-order valence-electron chi connectivity index (χ0n) is 22.9. The van der Waals surface area contributed by atoms with Gasteiger partial charge in [-0.3, -0.25) is 14.6 Å². The molecule has 1 aliphatic heterocycles. The van der Waals surface area contributed by atoms with Crippen molar-refractivity contribution in [3.8, 4) is 11.1 Å². The molecule has 0 amide bonds. The molecule has 1 saturated heterocycles. The van der Waals surface area contributed by atoms with Gasteiger partial charge in [0.05, 0.1) is 0 Å². The van der Waals surface area contributed by atoms with Crippen LogP contribution >= 0.6 is 0 Å². The number of oxazole rings is 1. The van der Waals surface area contributed by atoms with E-state index in [0.717, 1.165) is 35.1 Å². The maximum Gasteiger partial charge on any atom is 0.437 e. The van der Waals surface area contributed by atoms with Gasteiger partial charge in [0.2, 0.25) is 11.5 Å². The van der Waals surface area contributed by atoms with Crippen LogP contribution in [0.25, 0.3) is 11.1 Å². The number of anilines is 1. The fraction of sp³-hybridized carbons (Fsp3) is 0.312. The van der Waals surface area contributed by atoms with Crippen LogP contribution in [0.4, 0.5) is 19.2 Å². The molecule has 5 rings (SSSR count). The van der Waals surface area contributed by atoms with E-state index in [1.54, 1.807) is 47.5 Å². The molecule has 0 saturated carbocycles. The molecule has 1 unspecified atom stereocenters. The zero-order chi connectivity index (χ0) is 29.1.